The Labute approximate surface area is 168 Å². The average molecular weight is 402 g/mol. The van der Waals surface area contributed by atoms with Crippen LogP contribution in [0.1, 0.15) is 24.5 Å². The van der Waals surface area contributed by atoms with Crippen LogP contribution in [0.25, 0.3) is 6.08 Å². The summed E-state index contributed by atoms with van der Waals surface area (Å²) in [6.45, 7) is 2.53. The molecule has 2 aromatic carbocycles. The number of nitrogens with zero attached hydrogens (tertiary/aromatic N) is 1. The fourth-order valence-electron chi connectivity index (χ4n) is 2.61. The molecule has 1 aliphatic rings. The SMILES string of the molecule is CCCOc1c(Cl)cc(/C=C2\N=C(c3cccc(OC)c3)OC2=O)cc1OC. The molecule has 7 heteroatoms. The van der Waals surface area contributed by atoms with Crippen LogP contribution in [-0.2, 0) is 9.53 Å². The lowest BCUT2D eigenvalue weighted by molar-refractivity contribution is -0.129. The standard InChI is InChI=1S/C21H20ClNO5/c1-4-8-27-19-16(22)9-13(11-18(19)26-3)10-17-21(24)28-20(23-17)14-6-5-7-15(12-14)25-2/h5-7,9-12H,4,8H2,1-3H3/b17-10-. The van der Waals surface area contributed by atoms with Crippen LogP contribution in [0.2, 0.25) is 5.02 Å². The Morgan fingerprint density at radius 2 is 2.00 bits per heavy atom. The van der Waals surface area contributed by atoms with Crippen molar-refractivity contribution < 1.29 is 23.7 Å². The van der Waals surface area contributed by atoms with Crippen molar-refractivity contribution in [2.75, 3.05) is 20.8 Å². The van der Waals surface area contributed by atoms with Gasteiger partial charge in [0.05, 0.1) is 25.8 Å². The molecule has 0 saturated carbocycles. The number of hydrogen-bond donors (Lipinski definition) is 0. The Morgan fingerprint density at radius 3 is 2.71 bits per heavy atom. The van der Waals surface area contributed by atoms with Gasteiger partial charge in [0.2, 0.25) is 5.90 Å². The number of aliphatic imine (C=N–C) groups is 1. The Bertz CT molecular complexity index is 952. The van der Waals surface area contributed by atoms with Gasteiger partial charge in [0.1, 0.15) is 5.75 Å². The highest BCUT2D eigenvalue weighted by atomic mass is 35.5. The summed E-state index contributed by atoms with van der Waals surface area (Å²) in [6, 6.07) is 10.6. The van der Waals surface area contributed by atoms with Crippen molar-refractivity contribution in [1.82, 2.24) is 0 Å². The molecule has 0 spiro atoms. The van der Waals surface area contributed by atoms with Crippen LogP contribution in [-0.4, -0.2) is 32.7 Å². The van der Waals surface area contributed by atoms with Crippen molar-refractivity contribution in [3.8, 4) is 17.2 Å². The number of rotatable bonds is 7. The summed E-state index contributed by atoms with van der Waals surface area (Å²) in [6.07, 6.45) is 2.44. The van der Waals surface area contributed by atoms with Crippen molar-refractivity contribution in [1.29, 1.82) is 0 Å². The predicted octanol–water partition coefficient (Wildman–Crippen LogP) is 4.49. The quantitative estimate of drug-likeness (QED) is 0.505. The van der Waals surface area contributed by atoms with E-state index in [0.29, 0.717) is 40.0 Å². The van der Waals surface area contributed by atoms with Crippen LogP contribution < -0.4 is 14.2 Å². The van der Waals surface area contributed by atoms with E-state index in [-0.39, 0.29) is 11.6 Å². The van der Waals surface area contributed by atoms with Crippen molar-refractivity contribution in [2.45, 2.75) is 13.3 Å². The second kappa shape index (κ2) is 8.80. The van der Waals surface area contributed by atoms with Crippen molar-refractivity contribution in [3.63, 3.8) is 0 Å². The first-order valence-electron chi connectivity index (χ1n) is 8.73. The second-order valence-electron chi connectivity index (χ2n) is 5.95. The molecule has 0 bridgehead atoms. The van der Waals surface area contributed by atoms with Crippen LogP contribution in [0.15, 0.2) is 47.1 Å². The number of carbonyl (C=O) groups is 1. The maximum atomic E-state index is 12.2. The number of cyclic esters (lactones) is 1. The minimum atomic E-state index is -0.542. The van der Waals surface area contributed by atoms with Gasteiger partial charge in [-0.3, -0.25) is 0 Å². The van der Waals surface area contributed by atoms with Gasteiger partial charge < -0.3 is 18.9 Å². The summed E-state index contributed by atoms with van der Waals surface area (Å²) in [5.41, 5.74) is 1.46. The van der Waals surface area contributed by atoms with Crippen LogP contribution in [0.5, 0.6) is 17.2 Å². The molecule has 2 aromatic rings. The third-order valence-electron chi connectivity index (χ3n) is 3.94. The van der Waals surface area contributed by atoms with E-state index in [1.54, 1.807) is 49.6 Å². The second-order valence-corrected chi connectivity index (χ2v) is 6.36. The van der Waals surface area contributed by atoms with Gasteiger partial charge in [0, 0.05) is 5.56 Å². The lowest BCUT2D eigenvalue weighted by Gasteiger charge is -2.12. The summed E-state index contributed by atoms with van der Waals surface area (Å²) >= 11 is 6.33. The fourth-order valence-corrected chi connectivity index (χ4v) is 2.89. The van der Waals surface area contributed by atoms with Crippen LogP contribution >= 0.6 is 11.6 Å². The fraction of sp³-hybridized carbons (Fsp3) is 0.238. The summed E-state index contributed by atoms with van der Waals surface area (Å²) in [5, 5.41) is 0.392. The van der Waals surface area contributed by atoms with Crippen LogP contribution in [0.4, 0.5) is 0 Å². The Balaban J connectivity index is 1.93. The highest BCUT2D eigenvalue weighted by molar-refractivity contribution is 6.32. The third kappa shape index (κ3) is 4.28. The molecule has 0 aromatic heterocycles. The predicted molar refractivity (Wildman–Crippen MR) is 107 cm³/mol. The van der Waals surface area contributed by atoms with Crippen LogP contribution in [0.3, 0.4) is 0 Å². The maximum absolute atomic E-state index is 12.2. The summed E-state index contributed by atoms with van der Waals surface area (Å²) in [4.78, 5) is 16.5. The smallest absolute Gasteiger partial charge is 0.363 e. The molecule has 0 atom stereocenters. The molecule has 28 heavy (non-hydrogen) atoms. The maximum Gasteiger partial charge on any atom is 0.363 e. The highest BCUT2D eigenvalue weighted by Crippen LogP contribution is 2.37. The zero-order valence-electron chi connectivity index (χ0n) is 15.8. The number of halogens is 1. The molecule has 0 radical (unpaired) electrons. The zero-order chi connectivity index (χ0) is 20.1. The Hall–Kier alpha value is -2.99. The molecule has 0 N–H and O–H groups in total. The van der Waals surface area contributed by atoms with Gasteiger partial charge in [-0.05, 0) is 48.4 Å². The summed E-state index contributed by atoms with van der Waals surface area (Å²) in [7, 11) is 3.10. The number of ether oxygens (including phenoxy) is 4. The molecule has 1 heterocycles. The number of methoxy groups -OCH3 is 2. The van der Waals surface area contributed by atoms with Gasteiger partial charge in [0.25, 0.3) is 0 Å². The van der Waals surface area contributed by atoms with Crippen molar-refractivity contribution >= 4 is 29.5 Å². The summed E-state index contributed by atoms with van der Waals surface area (Å²) in [5.74, 6) is 1.28. The molecule has 3 rings (SSSR count). The minimum absolute atomic E-state index is 0.165. The molecule has 146 valence electrons. The zero-order valence-corrected chi connectivity index (χ0v) is 16.6. The third-order valence-corrected chi connectivity index (χ3v) is 4.22. The number of esters is 1. The largest absolute Gasteiger partial charge is 0.497 e. The van der Waals surface area contributed by atoms with Crippen LogP contribution in [0, 0.1) is 0 Å². The van der Waals surface area contributed by atoms with Crippen molar-refractivity contribution in [2.24, 2.45) is 4.99 Å². The van der Waals surface area contributed by atoms with Gasteiger partial charge in [-0.2, -0.15) is 0 Å². The topological polar surface area (TPSA) is 66.3 Å². The van der Waals surface area contributed by atoms with E-state index < -0.39 is 5.97 Å². The minimum Gasteiger partial charge on any atom is -0.497 e. The molecule has 0 aliphatic carbocycles. The Kier molecular flexibility index (Phi) is 6.21. The lowest BCUT2D eigenvalue weighted by Crippen LogP contribution is -2.05. The van der Waals surface area contributed by atoms with E-state index in [0.717, 1.165) is 6.42 Å². The normalized spacial score (nSPS) is 14.6. The van der Waals surface area contributed by atoms with Gasteiger partial charge in [-0.15, -0.1) is 0 Å². The van der Waals surface area contributed by atoms with Gasteiger partial charge in [0.15, 0.2) is 17.2 Å². The van der Waals surface area contributed by atoms with E-state index >= 15 is 0 Å². The first-order chi connectivity index (χ1) is 13.5. The monoisotopic (exact) mass is 401 g/mol. The van der Waals surface area contributed by atoms with E-state index in [9.17, 15) is 4.79 Å². The summed E-state index contributed by atoms with van der Waals surface area (Å²) < 4.78 is 21.5. The van der Waals surface area contributed by atoms with E-state index in [1.165, 1.54) is 7.11 Å². The Morgan fingerprint density at radius 1 is 1.18 bits per heavy atom. The van der Waals surface area contributed by atoms with E-state index in [4.69, 9.17) is 30.5 Å². The number of hydrogen-bond acceptors (Lipinski definition) is 6. The van der Waals surface area contributed by atoms with E-state index in [1.807, 2.05) is 6.92 Å². The molecular formula is C21H20ClNO5. The molecule has 1 aliphatic heterocycles. The van der Waals surface area contributed by atoms with E-state index in [2.05, 4.69) is 4.99 Å². The molecule has 0 saturated heterocycles. The molecule has 0 fully saturated rings. The molecule has 0 unspecified atom stereocenters. The van der Waals surface area contributed by atoms with Gasteiger partial charge >= 0.3 is 5.97 Å². The average Bonchev–Trinajstić information content (AvgIpc) is 3.07. The van der Waals surface area contributed by atoms with Gasteiger partial charge in [-0.25, -0.2) is 9.79 Å². The first-order valence-corrected chi connectivity index (χ1v) is 9.10. The highest BCUT2D eigenvalue weighted by Gasteiger charge is 2.25. The number of benzene rings is 2. The van der Waals surface area contributed by atoms with Crippen molar-refractivity contribution in [3.05, 3.63) is 58.2 Å². The molecular weight excluding hydrogens is 382 g/mol. The van der Waals surface area contributed by atoms with Gasteiger partial charge in [-0.1, -0.05) is 24.6 Å². The molecule has 0 amide bonds. The lowest BCUT2D eigenvalue weighted by atomic mass is 10.1. The number of carbonyl (C=O) groups excluding carboxylic acids is 1. The molecule has 6 nitrogen and oxygen atoms in total. The first kappa shape index (κ1) is 19.8.